The maximum atomic E-state index is 12.6. The number of cyclic esters (lactones) is 1. The van der Waals surface area contributed by atoms with Gasteiger partial charge in [0.15, 0.2) is 17.6 Å². The summed E-state index contributed by atoms with van der Waals surface area (Å²) < 4.78 is 17.8. The Balaban J connectivity index is 1.95. The first-order valence-electron chi connectivity index (χ1n) is 8.67. The number of halogens is 1. The molecular weight excluding hydrogens is 507 g/mol. The highest BCUT2D eigenvalue weighted by Gasteiger charge is 2.40. The molecule has 1 aliphatic heterocycles. The van der Waals surface area contributed by atoms with Gasteiger partial charge in [0.2, 0.25) is 5.88 Å². The van der Waals surface area contributed by atoms with Crippen LogP contribution in [0.3, 0.4) is 0 Å². The third-order valence-electron chi connectivity index (χ3n) is 4.76. The van der Waals surface area contributed by atoms with Crippen molar-refractivity contribution in [1.29, 1.82) is 0 Å². The Bertz CT molecular complexity index is 1280. The first kappa shape index (κ1) is 20.0. The number of methoxy groups -OCH3 is 2. The zero-order chi connectivity index (χ0) is 21.6. The number of carbonyl (C=O) groups excluding carboxylic acids is 1. The van der Waals surface area contributed by atoms with Crippen LogP contribution in [0.4, 0.5) is 0 Å². The predicted molar refractivity (Wildman–Crippen MR) is 114 cm³/mol. The second-order valence-corrected chi connectivity index (χ2v) is 7.60. The van der Waals surface area contributed by atoms with E-state index in [1.54, 1.807) is 36.4 Å². The largest absolute Gasteiger partial charge is 0.494 e. The average molecular weight is 522 g/mol. The van der Waals surface area contributed by atoms with Gasteiger partial charge in [-0.25, -0.2) is 14.2 Å². The Labute approximate surface area is 183 Å². The van der Waals surface area contributed by atoms with Gasteiger partial charge in [-0.05, 0) is 52.9 Å². The molecule has 0 radical (unpaired) electrons. The van der Waals surface area contributed by atoms with E-state index in [0.29, 0.717) is 17.0 Å². The molecule has 2 aromatic carbocycles. The van der Waals surface area contributed by atoms with Crippen LogP contribution in [0.1, 0.15) is 27.6 Å². The van der Waals surface area contributed by atoms with Gasteiger partial charge in [0.1, 0.15) is 11.1 Å². The molecule has 2 heterocycles. The van der Waals surface area contributed by atoms with Crippen LogP contribution >= 0.6 is 22.6 Å². The number of aromatic nitrogens is 2. The number of H-pyrrole nitrogens is 1. The highest BCUT2D eigenvalue weighted by Crippen LogP contribution is 2.45. The summed E-state index contributed by atoms with van der Waals surface area (Å²) in [5, 5.41) is 10.9. The summed E-state index contributed by atoms with van der Waals surface area (Å²) >= 11 is 2.10. The smallest absolute Gasteiger partial charge is 0.343 e. The van der Waals surface area contributed by atoms with Crippen molar-refractivity contribution in [1.82, 2.24) is 9.55 Å². The zero-order valence-corrected chi connectivity index (χ0v) is 17.9. The Kier molecular flexibility index (Phi) is 5.02. The number of carbonyl (C=O) groups is 1. The van der Waals surface area contributed by atoms with E-state index >= 15 is 0 Å². The second kappa shape index (κ2) is 7.52. The van der Waals surface area contributed by atoms with Crippen molar-refractivity contribution < 1.29 is 24.1 Å². The highest BCUT2D eigenvalue weighted by atomic mass is 127. The van der Waals surface area contributed by atoms with Crippen LogP contribution in [0.15, 0.2) is 46.0 Å². The van der Waals surface area contributed by atoms with Crippen molar-refractivity contribution >= 4 is 28.6 Å². The monoisotopic (exact) mass is 522 g/mol. The minimum Gasteiger partial charge on any atom is -0.494 e. The van der Waals surface area contributed by atoms with E-state index in [0.717, 1.165) is 8.14 Å². The van der Waals surface area contributed by atoms with Gasteiger partial charge in [-0.1, -0.05) is 6.07 Å². The average Bonchev–Trinajstić information content (AvgIpc) is 3.04. The van der Waals surface area contributed by atoms with Crippen molar-refractivity contribution in [3.8, 4) is 23.1 Å². The number of aromatic amines is 1. The lowest BCUT2D eigenvalue weighted by molar-refractivity contribution is 0.0447. The van der Waals surface area contributed by atoms with E-state index in [1.165, 1.54) is 14.2 Å². The molecule has 1 aliphatic rings. The number of fused-ring (bicyclic) bond motifs is 1. The van der Waals surface area contributed by atoms with Crippen LogP contribution in [0, 0.1) is 3.57 Å². The number of nitrogens with zero attached hydrogens (tertiary/aromatic N) is 1. The number of nitrogens with one attached hydrogen (secondary N) is 1. The van der Waals surface area contributed by atoms with E-state index in [4.69, 9.17) is 14.2 Å². The standard InChI is InChI=1S/C20H15IN2O7/c1-28-12-8-7-11-13(16(12)29-2)19(26)30-15(11)14-17(24)22-20(27)23(18(14)25)10-5-3-9(21)4-6-10/h3-8,15,25H,1-2H3,(H,22,24,27)/t15-/m0/s1. The van der Waals surface area contributed by atoms with Crippen molar-refractivity contribution in [2.75, 3.05) is 14.2 Å². The quantitative estimate of drug-likeness (QED) is 0.398. The molecule has 3 aromatic rings. The third-order valence-corrected chi connectivity index (χ3v) is 5.48. The van der Waals surface area contributed by atoms with Crippen molar-refractivity contribution in [3.63, 3.8) is 0 Å². The normalized spacial score (nSPS) is 14.9. The molecule has 1 aromatic heterocycles. The molecule has 1 atom stereocenters. The number of benzene rings is 2. The molecule has 154 valence electrons. The molecule has 0 saturated carbocycles. The van der Waals surface area contributed by atoms with Gasteiger partial charge in [-0.2, -0.15) is 0 Å². The Hall–Kier alpha value is -3.28. The molecule has 0 bridgehead atoms. The topological polar surface area (TPSA) is 120 Å². The number of hydrogen-bond acceptors (Lipinski definition) is 7. The van der Waals surface area contributed by atoms with Gasteiger partial charge in [0, 0.05) is 9.13 Å². The van der Waals surface area contributed by atoms with Crippen LogP contribution in [-0.4, -0.2) is 34.8 Å². The predicted octanol–water partition coefficient (Wildman–Crippen LogP) is 2.11. The summed E-state index contributed by atoms with van der Waals surface area (Å²) in [6.45, 7) is 0. The Morgan fingerprint density at radius 3 is 2.40 bits per heavy atom. The molecule has 0 amide bonds. The lowest BCUT2D eigenvalue weighted by Gasteiger charge is -2.16. The molecule has 2 N–H and O–H groups in total. The maximum absolute atomic E-state index is 12.6. The van der Waals surface area contributed by atoms with Gasteiger partial charge in [-0.15, -0.1) is 0 Å². The zero-order valence-electron chi connectivity index (χ0n) is 15.8. The highest BCUT2D eigenvalue weighted by molar-refractivity contribution is 14.1. The van der Waals surface area contributed by atoms with Crippen molar-refractivity contribution in [3.05, 3.63) is 77.5 Å². The number of aromatic hydroxyl groups is 1. The van der Waals surface area contributed by atoms with Gasteiger partial charge >= 0.3 is 11.7 Å². The van der Waals surface area contributed by atoms with E-state index in [9.17, 15) is 19.5 Å². The molecule has 0 fully saturated rings. The lowest BCUT2D eigenvalue weighted by Crippen LogP contribution is -2.32. The third kappa shape index (κ3) is 3.03. The summed E-state index contributed by atoms with van der Waals surface area (Å²) in [6, 6.07) is 9.84. The lowest BCUT2D eigenvalue weighted by atomic mass is 9.99. The van der Waals surface area contributed by atoms with E-state index in [2.05, 4.69) is 27.6 Å². The van der Waals surface area contributed by atoms with Crippen LogP contribution in [-0.2, 0) is 4.74 Å². The summed E-state index contributed by atoms with van der Waals surface area (Å²) in [4.78, 5) is 39.7. The first-order valence-corrected chi connectivity index (χ1v) is 9.75. The molecule has 30 heavy (non-hydrogen) atoms. The van der Waals surface area contributed by atoms with Crippen LogP contribution in [0.5, 0.6) is 17.4 Å². The fourth-order valence-electron chi connectivity index (χ4n) is 3.42. The molecule has 0 spiro atoms. The van der Waals surface area contributed by atoms with E-state index in [1.807, 2.05) is 0 Å². The Morgan fingerprint density at radius 1 is 1.07 bits per heavy atom. The maximum Gasteiger partial charge on any atom is 0.343 e. The van der Waals surface area contributed by atoms with Gasteiger partial charge in [0.25, 0.3) is 5.56 Å². The van der Waals surface area contributed by atoms with E-state index < -0.39 is 29.2 Å². The minimum atomic E-state index is -1.23. The summed E-state index contributed by atoms with van der Waals surface area (Å²) in [5.41, 5.74) is -1.21. The number of ether oxygens (including phenoxy) is 3. The SMILES string of the molecule is COc1ccc2c(c1OC)C(=O)O[C@@H]2c1c(O)n(-c2ccc(I)cc2)c(=O)[nH]c1=O. The number of hydrogen-bond donors (Lipinski definition) is 2. The van der Waals surface area contributed by atoms with Crippen LogP contribution in [0.25, 0.3) is 5.69 Å². The minimum absolute atomic E-state index is 0.0904. The second-order valence-electron chi connectivity index (χ2n) is 6.36. The summed E-state index contributed by atoms with van der Waals surface area (Å²) in [6.07, 6.45) is -1.23. The van der Waals surface area contributed by atoms with Gasteiger partial charge in [-0.3, -0.25) is 9.78 Å². The fraction of sp³-hybridized carbons (Fsp3) is 0.150. The molecule has 4 rings (SSSR count). The molecule has 9 nitrogen and oxygen atoms in total. The van der Waals surface area contributed by atoms with E-state index in [-0.39, 0.29) is 16.9 Å². The molecule has 10 heteroatoms. The number of rotatable bonds is 4. The molecule has 0 unspecified atom stereocenters. The summed E-state index contributed by atoms with van der Waals surface area (Å²) in [5.74, 6) is -0.887. The summed E-state index contributed by atoms with van der Waals surface area (Å²) in [7, 11) is 2.80. The van der Waals surface area contributed by atoms with Crippen LogP contribution in [0.2, 0.25) is 0 Å². The fourth-order valence-corrected chi connectivity index (χ4v) is 3.78. The molecule has 0 aliphatic carbocycles. The van der Waals surface area contributed by atoms with Crippen molar-refractivity contribution in [2.45, 2.75) is 6.10 Å². The Morgan fingerprint density at radius 2 is 1.77 bits per heavy atom. The first-order chi connectivity index (χ1) is 14.4. The van der Waals surface area contributed by atoms with Crippen molar-refractivity contribution in [2.24, 2.45) is 0 Å². The van der Waals surface area contributed by atoms with Gasteiger partial charge < -0.3 is 19.3 Å². The van der Waals surface area contributed by atoms with Gasteiger partial charge in [0.05, 0.1) is 19.9 Å². The van der Waals surface area contributed by atoms with Crippen LogP contribution < -0.4 is 20.7 Å². The molecular formula is C20H15IN2O7. The molecule has 0 saturated heterocycles. The number of esters is 1.